The molecule has 7 heteroatoms. The van der Waals surface area contributed by atoms with Crippen LogP contribution in [0.2, 0.25) is 0 Å². The van der Waals surface area contributed by atoms with Crippen molar-refractivity contribution in [2.45, 2.75) is 32.3 Å². The zero-order valence-electron chi connectivity index (χ0n) is 13.1. The lowest BCUT2D eigenvalue weighted by Crippen LogP contribution is -2.38. The predicted molar refractivity (Wildman–Crippen MR) is 93.0 cm³/mol. The zero-order chi connectivity index (χ0) is 16.4. The van der Waals surface area contributed by atoms with Gasteiger partial charge >= 0.3 is 0 Å². The van der Waals surface area contributed by atoms with E-state index in [0.29, 0.717) is 12.8 Å². The Bertz CT molecular complexity index is 803. The summed E-state index contributed by atoms with van der Waals surface area (Å²) in [5.41, 5.74) is 1.04. The summed E-state index contributed by atoms with van der Waals surface area (Å²) in [6.07, 6.45) is 3.03. The van der Waals surface area contributed by atoms with Gasteiger partial charge < -0.3 is 10.4 Å². The molecule has 3 heterocycles. The number of carbonyl (C=O) groups is 1. The van der Waals surface area contributed by atoms with Gasteiger partial charge in [0.2, 0.25) is 5.91 Å². The number of hydrogen-bond donors (Lipinski definition) is 2. The molecule has 0 aliphatic heterocycles. The molecule has 0 aliphatic rings. The number of fused-ring (bicyclic) bond motifs is 1. The van der Waals surface area contributed by atoms with Gasteiger partial charge in [0.15, 0.2) is 4.96 Å². The van der Waals surface area contributed by atoms with Gasteiger partial charge in [-0.05, 0) is 31.7 Å². The number of aliphatic hydroxyl groups is 1. The van der Waals surface area contributed by atoms with E-state index in [0.717, 1.165) is 21.2 Å². The van der Waals surface area contributed by atoms with E-state index in [1.165, 1.54) is 11.3 Å². The summed E-state index contributed by atoms with van der Waals surface area (Å²) < 4.78 is 2.04. The van der Waals surface area contributed by atoms with E-state index in [1.807, 2.05) is 40.4 Å². The number of imidazole rings is 1. The molecule has 0 fully saturated rings. The highest BCUT2D eigenvalue weighted by Crippen LogP contribution is 2.24. The molecular weight excluding hydrogens is 330 g/mol. The van der Waals surface area contributed by atoms with Gasteiger partial charge in [0.05, 0.1) is 12.2 Å². The minimum Gasteiger partial charge on any atom is -0.383 e. The average Bonchev–Trinajstić information content (AvgIpc) is 3.20. The average molecular weight is 349 g/mol. The van der Waals surface area contributed by atoms with E-state index in [9.17, 15) is 9.90 Å². The molecule has 3 aromatic rings. The van der Waals surface area contributed by atoms with E-state index >= 15 is 0 Å². The molecule has 3 aromatic heterocycles. The fourth-order valence-corrected chi connectivity index (χ4v) is 4.13. The first-order chi connectivity index (χ1) is 11.0. The SMILES string of the molecule is Cc1cn2c(CCC(=O)NCC(C)(O)c3cccs3)csc2n1. The maximum Gasteiger partial charge on any atom is 0.220 e. The molecule has 5 nitrogen and oxygen atoms in total. The molecule has 3 rings (SSSR count). The molecule has 0 radical (unpaired) electrons. The smallest absolute Gasteiger partial charge is 0.220 e. The third-order valence-corrected chi connectivity index (χ3v) is 5.71. The van der Waals surface area contributed by atoms with Crippen LogP contribution in [0.4, 0.5) is 0 Å². The van der Waals surface area contributed by atoms with Crippen LogP contribution in [-0.4, -0.2) is 26.9 Å². The molecule has 122 valence electrons. The van der Waals surface area contributed by atoms with E-state index in [2.05, 4.69) is 10.3 Å². The van der Waals surface area contributed by atoms with E-state index in [4.69, 9.17) is 0 Å². The normalized spacial score (nSPS) is 14.0. The summed E-state index contributed by atoms with van der Waals surface area (Å²) >= 11 is 3.07. The van der Waals surface area contributed by atoms with Crippen LogP contribution < -0.4 is 5.32 Å². The van der Waals surface area contributed by atoms with Crippen molar-refractivity contribution in [3.63, 3.8) is 0 Å². The number of aromatic nitrogens is 2. The summed E-state index contributed by atoms with van der Waals surface area (Å²) in [4.78, 5) is 18.3. The van der Waals surface area contributed by atoms with Crippen molar-refractivity contribution < 1.29 is 9.90 Å². The number of amides is 1. The minimum absolute atomic E-state index is 0.0574. The van der Waals surface area contributed by atoms with E-state index in [1.54, 1.807) is 18.3 Å². The third-order valence-electron chi connectivity index (χ3n) is 3.69. The van der Waals surface area contributed by atoms with Crippen molar-refractivity contribution in [3.05, 3.63) is 45.4 Å². The number of aryl methyl sites for hydroxylation is 2. The van der Waals surface area contributed by atoms with Gasteiger partial charge in [0, 0.05) is 28.6 Å². The first kappa shape index (κ1) is 16.2. The molecule has 1 atom stereocenters. The Morgan fingerprint density at radius 1 is 1.48 bits per heavy atom. The molecule has 23 heavy (non-hydrogen) atoms. The van der Waals surface area contributed by atoms with Crippen LogP contribution in [0.15, 0.2) is 29.1 Å². The lowest BCUT2D eigenvalue weighted by molar-refractivity contribution is -0.122. The Morgan fingerprint density at radius 3 is 3.04 bits per heavy atom. The number of carbonyl (C=O) groups excluding carboxylic acids is 1. The van der Waals surface area contributed by atoms with Crippen LogP contribution >= 0.6 is 22.7 Å². The fraction of sp³-hybridized carbons (Fsp3) is 0.375. The maximum atomic E-state index is 12.1. The summed E-state index contributed by atoms with van der Waals surface area (Å²) in [6.45, 7) is 3.90. The van der Waals surface area contributed by atoms with Crippen LogP contribution in [0.5, 0.6) is 0 Å². The van der Waals surface area contributed by atoms with Gasteiger partial charge in [-0.3, -0.25) is 9.20 Å². The molecule has 0 aliphatic carbocycles. The topological polar surface area (TPSA) is 66.6 Å². The number of hydrogen-bond acceptors (Lipinski definition) is 5. The van der Waals surface area contributed by atoms with E-state index < -0.39 is 5.60 Å². The monoisotopic (exact) mass is 349 g/mol. The first-order valence-corrected chi connectivity index (χ1v) is 9.17. The number of rotatable bonds is 6. The number of nitrogens with one attached hydrogen (secondary N) is 1. The molecule has 0 saturated carbocycles. The number of thiophene rings is 1. The molecule has 1 amide bonds. The molecule has 0 aromatic carbocycles. The summed E-state index contributed by atoms with van der Waals surface area (Å²) in [7, 11) is 0. The second-order valence-electron chi connectivity index (χ2n) is 5.79. The Morgan fingerprint density at radius 2 is 2.30 bits per heavy atom. The van der Waals surface area contributed by atoms with Crippen LogP contribution in [0.3, 0.4) is 0 Å². The minimum atomic E-state index is -1.03. The standard InChI is InChI=1S/C16H19N3O2S2/c1-11-8-19-12(9-23-15(19)18-11)5-6-14(20)17-10-16(2,21)13-4-3-7-22-13/h3-4,7-9,21H,5-6,10H2,1-2H3,(H,17,20). The maximum absolute atomic E-state index is 12.1. The Kier molecular flexibility index (Phi) is 4.52. The Balaban J connectivity index is 1.53. The van der Waals surface area contributed by atoms with Crippen molar-refractivity contribution >= 4 is 33.5 Å². The highest BCUT2D eigenvalue weighted by Gasteiger charge is 2.24. The fourth-order valence-electron chi connectivity index (χ4n) is 2.39. The van der Waals surface area contributed by atoms with Crippen LogP contribution in [0.25, 0.3) is 4.96 Å². The second kappa shape index (κ2) is 6.43. The zero-order valence-corrected chi connectivity index (χ0v) is 14.7. The van der Waals surface area contributed by atoms with Gasteiger partial charge in [0.1, 0.15) is 5.60 Å². The molecular formula is C16H19N3O2S2. The Hall–Kier alpha value is -1.70. The van der Waals surface area contributed by atoms with Crippen molar-refractivity contribution in [2.24, 2.45) is 0 Å². The molecule has 2 N–H and O–H groups in total. The molecule has 0 saturated heterocycles. The van der Waals surface area contributed by atoms with Gasteiger partial charge in [-0.15, -0.1) is 22.7 Å². The Labute approximate surface area is 142 Å². The van der Waals surface area contributed by atoms with Crippen molar-refractivity contribution in [3.8, 4) is 0 Å². The van der Waals surface area contributed by atoms with Gasteiger partial charge in [-0.25, -0.2) is 4.98 Å². The quantitative estimate of drug-likeness (QED) is 0.719. The predicted octanol–water partition coefficient (Wildman–Crippen LogP) is 2.72. The largest absolute Gasteiger partial charge is 0.383 e. The van der Waals surface area contributed by atoms with Crippen LogP contribution in [0.1, 0.15) is 29.6 Å². The van der Waals surface area contributed by atoms with Gasteiger partial charge in [-0.2, -0.15) is 0 Å². The summed E-state index contributed by atoms with van der Waals surface area (Å²) in [6, 6.07) is 3.77. The lowest BCUT2D eigenvalue weighted by Gasteiger charge is -2.22. The highest BCUT2D eigenvalue weighted by molar-refractivity contribution is 7.15. The molecule has 1 unspecified atom stereocenters. The lowest BCUT2D eigenvalue weighted by atomic mass is 10.1. The third kappa shape index (κ3) is 3.63. The number of thiazole rings is 1. The molecule has 0 bridgehead atoms. The van der Waals surface area contributed by atoms with Crippen LogP contribution in [0, 0.1) is 6.92 Å². The van der Waals surface area contributed by atoms with Gasteiger partial charge in [0.25, 0.3) is 0 Å². The highest BCUT2D eigenvalue weighted by atomic mass is 32.1. The van der Waals surface area contributed by atoms with Crippen molar-refractivity contribution in [1.29, 1.82) is 0 Å². The molecule has 0 spiro atoms. The summed E-state index contributed by atoms with van der Waals surface area (Å²) in [5, 5.41) is 17.2. The van der Waals surface area contributed by atoms with Crippen molar-refractivity contribution in [1.82, 2.24) is 14.7 Å². The van der Waals surface area contributed by atoms with Crippen molar-refractivity contribution in [2.75, 3.05) is 6.54 Å². The summed E-state index contributed by atoms with van der Waals surface area (Å²) in [5.74, 6) is -0.0574. The first-order valence-electron chi connectivity index (χ1n) is 7.41. The van der Waals surface area contributed by atoms with E-state index in [-0.39, 0.29) is 12.5 Å². The van der Waals surface area contributed by atoms with Gasteiger partial charge in [-0.1, -0.05) is 6.07 Å². The number of nitrogens with zero attached hydrogens (tertiary/aromatic N) is 2. The van der Waals surface area contributed by atoms with Crippen LogP contribution in [-0.2, 0) is 16.8 Å². The second-order valence-corrected chi connectivity index (χ2v) is 7.57.